The molecule has 1 amide bonds. The van der Waals surface area contributed by atoms with Gasteiger partial charge in [-0.2, -0.15) is 5.10 Å². The van der Waals surface area contributed by atoms with Crippen molar-refractivity contribution in [3.8, 4) is 0 Å². The molecular formula is C16H14ClN3O3S2. The molecule has 2 aromatic rings. The minimum absolute atomic E-state index is 0. The van der Waals surface area contributed by atoms with Gasteiger partial charge in [0.2, 0.25) is 0 Å². The summed E-state index contributed by atoms with van der Waals surface area (Å²) in [6.45, 7) is 1.97. The van der Waals surface area contributed by atoms with E-state index in [1.807, 2.05) is 31.2 Å². The van der Waals surface area contributed by atoms with E-state index in [2.05, 4.69) is 5.10 Å². The van der Waals surface area contributed by atoms with Crippen LogP contribution in [0.15, 0.2) is 35.2 Å². The lowest BCUT2D eigenvalue weighted by molar-refractivity contribution is -0.113. The van der Waals surface area contributed by atoms with Crippen molar-refractivity contribution < 1.29 is 14.7 Å². The number of carbonyl (C=O) groups is 2. The van der Waals surface area contributed by atoms with E-state index in [0.717, 1.165) is 5.56 Å². The van der Waals surface area contributed by atoms with Crippen molar-refractivity contribution >= 4 is 64.3 Å². The fourth-order valence-corrected chi connectivity index (χ4v) is 3.52. The molecule has 0 unspecified atom stereocenters. The molecule has 25 heavy (non-hydrogen) atoms. The molecule has 1 fully saturated rings. The third-order valence-electron chi connectivity index (χ3n) is 3.50. The zero-order valence-electron chi connectivity index (χ0n) is 13.3. The molecule has 1 N–H and O–H groups in total. The molecule has 130 valence electrons. The standard InChI is InChI=1S/C16H13N3O3S2.ClH/c1-9-3-5-10(6-4-9)19-14(20)13(24-16(19)23)8-11-7-12(15(21)22)17-18(11)2;/h3-8H,1-2H3,(H,21,22);1H/b13-8-;. The Hall–Kier alpha value is -2.16. The highest BCUT2D eigenvalue weighted by Crippen LogP contribution is 2.36. The van der Waals surface area contributed by atoms with Crippen molar-refractivity contribution in [2.45, 2.75) is 6.92 Å². The molecule has 6 nitrogen and oxygen atoms in total. The SMILES string of the molecule is Cc1ccc(N2C(=O)/C(=C/c3cc(C(=O)O)nn3C)SC2=S)cc1.Cl. The molecule has 0 atom stereocenters. The van der Waals surface area contributed by atoms with Gasteiger partial charge in [0.15, 0.2) is 10.0 Å². The number of thiocarbonyl (C=S) groups is 1. The van der Waals surface area contributed by atoms with Crippen molar-refractivity contribution in [3.05, 3.63) is 52.2 Å². The van der Waals surface area contributed by atoms with Crippen LogP contribution in [-0.2, 0) is 11.8 Å². The van der Waals surface area contributed by atoms with Crippen LogP contribution in [0.25, 0.3) is 6.08 Å². The van der Waals surface area contributed by atoms with E-state index in [-0.39, 0.29) is 24.0 Å². The second-order valence-corrected chi connectivity index (χ2v) is 6.91. The first-order valence-electron chi connectivity index (χ1n) is 6.99. The number of amides is 1. The van der Waals surface area contributed by atoms with Gasteiger partial charge in [0.25, 0.3) is 5.91 Å². The summed E-state index contributed by atoms with van der Waals surface area (Å²) in [5.74, 6) is -1.34. The Labute approximate surface area is 159 Å². The maximum Gasteiger partial charge on any atom is 0.356 e. The van der Waals surface area contributed by atoms with Crippen molar-refractivity contribution in [1.29, 1.82) is 0 Å². The minimum atomic E-state index is -1.11. The highest BCUT2D eigenvalue weighted by Gasteiger charge is 2.33. The van der Waals surface area contributed by atoms with E-state index >= 15 is 0 Å². The number of hydrogen-bond donors (Lipinski definition) is 1. The monoisotopic (exact) mass is 395 g/mol. The largest absolute Gasteiger partial charge is 0.476 e. The molecule has 1 saturated heterocycles. The molecule has 1 aliphatic heterocycles. The molecule has 0 aliphatic carbocycles. The van der Waals surface area contributed by atoms with E-state index < -0.39 is 5.97 Å². The van der Waals surface area contributed by atoms with Gasteiger partial charge in [-0.05, 0) is 31.2 Å². The van der Waals surface area contributed by atoms with Crippen LogP contribution in [-0.4, -0.2) is 31.1 Å². The van der Waals surface area contributed by atoms with Gasteiger partial charge >= 0.3 is 5.97 Å². The van der Waals surface area contributed by atoms with Crippen LogP contribution >= 0.6 is 36.4 Å². The Kier molecular flexibility index (Phi) is 5.66. The summed E-state index contributed by atoms with van der Waals surface area (Å²) in [4.78, 5) is 25.6. The number of aromatic carboxylic acids is 1. The third kappa shape index (κ3) is 3.76. The lowest BCUT2D eigenvalue weighted by atomic mass is 10.2. The van der Waals surface area contributed by atoms with Gasteiger partial charge in [0, 0.05) is 7.05 Å². The summed E-state index contributed by atoms with van der Waals surface area (Å²) in [5, 5.41) is 12.9. The van der Waals surface area contributed by atoms with Gasteiger partial charge in [-0.15, -0.1) is 12.4 Å². The van der Waals surface area contributed by atoms with Crippen LogP contribution in [0.3, 0.4) is 0 Å². The van der Waals surface area contributed by atoms with Gasteiger partial charge in [0.1, 0.15) is 0 Å². The Balaban J connectivity index is 0.00000225. The lowest BCUT2D eigenvalue weighted by Crippen LogP contribution is -2.27. The number of rotatable bonds is 3. The Bertz CT molecular complexity index is 891. The molecular weight excluding hydrogens is 382 g/mol. The summed E-state index contributed by atoms with van der Waals surface area (Å²) in [6.07, 6.45) is 1.60. The molecule has 0 radical (unpaired) electrons. The predicted molar refractivity (Wildman–Crippen MR) is 104 cm³/mol. The number of nitrogens with zero attached hydrogens (tertiary/aromatic N) is 3. The van der Waals surface area contributed by atoms with Gasteiger partial charge in [-0.25, -0.2) is 4.79 Å². The van der Waals surface area contributed by atoms with Gasteiger partial charge in [-0.3, -0.25) is 14.4 Å². The fourth-order valence-electron chi connectivity index (χ4n) is 2.24. The quantitative estimate of drug-likeness (QED) is 0.635. The first-order valence-corrected chi connectivity index (χ1v) is 8.21. The number of thioether (sulfide) groups is 1. The molecule has 0 bridgehead atoms. The first kappa shape index (κ1) is 19.2. The zero-order chi connectivity index (χ0) is 17.4. The van der Waals surface area contributed by atoms with Crippen LogP contribution in [0, 0.1) is 6.92 Å². The second-order valence-electron chi connectivity index (χ2n) is 5.24. The molecule has 1 aliphatic rings. The maximum atomic E-state index is 12.7. The molecule has 9 heteroatoms. The Morgan fingerprint density at radius 1 is 1.32 bits per heavy atom. The molecule has 1 aromatic heterocycles. The minimum Gasteiger partial charge on any atom is -0.476 e. The van der Waals surface area contributed by atoms with Gasteiger partial charge < -0.3 is 5.11 Å². The first-order chi connectivity index (χ1) is 11.4. The topological polar surface area (TPSA) is 75.4 Å². The van der Waals surface area contributed by atoms with Crippen molar-refractivity contribution in [1.82, 2.24) is 9.78 Å². The second kappa shape index (κ2) is 7.38. The number of halogens is 1. The normalized spacial score (nSPS) is 15.6. The number of aromatic nitrogens is 2. The predicted octanol–water partition coefficient (Wildman–Crippen LogP) is 3.25. The Morgan fingerprint density at radius 2 is 1.96 bits per heavy atom. The van der Waals surface area contributed by atoms with Crippen molar-refractivity contribution in [3.63, 3.8) is 0 Å². The van der Waals surface area contributed by atoms with E-state index in [4.69, 9.17) is 17.3 Å². The van der Waals surface area contributed by atoms with Crippen molar-refractivity contribution in [2.75, 3.05) is 4.90 Å². The van der Waals surface area contributed by atoms with E-state index in [9.17, 15) is 9.59 Å². The molecule has 0 saturated carbocycles. The summed E-state index contributed by atoms with van der Waals surface area (Å²) in [7, 11) is 1.62. The maximum absolute atomic E-state index is 12.7. The molecule has 2 heterocycles. The average Bonchev–Trinajstić information content (AvgIpc) is 3.02. The van der Waals surface area contributed by atoms with E-state index in [0.29, 0.717) is 20.6 Å². The lowest BCUT2D eigenvalue weighted by Gasteiger charge is -2.14. The number of benzene rings is 1. The summed E-state index contributed by atoms with van der Waals surface area (Å²) in [6, 6.07) is 8.93. The average molecular weight is 396 g/mol. The number of carbonyl (C=O) groups excluding carboxylic acids is 1. The summed E-state index contributed by atoms with van der Waals surface area (Å²) in [5.41, 5.74) is 2.26. The highest BCUT2D eigenvalue weighted by atomic mass is 35.5. The smallest absolute Gasteiger partial charge is 0.356 e. The zero-order valence-corrected chi connectivity index (χ0v) is 15.7. The summed E-state index contributed by atoms with van der Waals surface area (Å²) < 4.78 is 1.86. The molecule has 0 spiro atoms. The number of aryl methyl sites for hydroxylation is 2. The van der Waals surface area contributed by atoms with E-state index in [1.54, 1.807) is 13.1 Å². The Morgan fingerprint density at radius 3 is 2.52 bits per heavy atom. The highest BCUT2D eigenvalue weighted by molar-refractivity contribution is 8.27. The van der Waals surface area contributed by atoms with Gasteiger partial charge in [-0.1, -0.05) is 41.7 Å². The van der Waals surface area contributed by atoms with Gasteiger partial charge in [0.05, 0.1) is 16.3 Å². The number of carboxylic acid groups (broad SMARTS) is 1. The van der Waals surface area contributed by atoms with Crippen LogP contribution in [0.5, 0.6) is 0 Å². The van der Waals surface area contributed by atoms with Crippen molar-refractivity contribution in [2.24, 2.45) is 7.05 Å². The fraction of sp³-hybridized carbons (Fsp3) is 0.125. The van der Waals surface area contributed by atoms with Crippen LogP contribution in [0.1, 0.15) is 21.7 Å². The summed E-state index contributed by atoms with van der Waals surface area (Å²) >= 11 is 6.50. The number of carboxylic acids is 1. The number of anilines is 1. The van der Waals surface area contributed by atoms with Crippen LogP contribution < -0.4 is 4.90 Å². The molecule has 1 aromatic carbocycles. The van der Waals surface area contributed by atoms with Crippen LogP contribution in [0.4, 0.5) is 5.69 Å². The molecule has 3 rings (SSSR count). The number of hydrogen-bond acceptors (Lipinski definition) is 5. The third-order valence-corrected chi connectivity index (χ3v) is 4.80. The van der Waals surface area contributed by atoms with E-state index in [1.165, 1.54) is 27.4 Å². The van der Waals surface area contributed by atoms with Crippen LogP contribution in [0.2, 0.25) is 0 Å².